The van der Waals surface area contributed by atoms with E-state index in [1.165, 1.54) is 12.8 Å². The van der Waals surface area contributed by atoms with Crippen LogP contribution >= 0.6 is 0 Å². The molecule has 0 aromatic rings. The fourth-order valence-corrected chi connectivity index (χ4v) is 3.57. The van der Waals surface area contributed by atoms with Gasteiger partial charge in [-0.2, -0.15) is 5.26 Å². The summed E-state index contributed by atoms with van der Waals surface area (Å²) < 4.78 is 0. The number of carbonyl (C=O) groups is 1. The summed E-state index contributed by atoms with van der Waals surface area (Å²) in [6.07, 6.45) is 5.40. The second-order valence-corrected chi connectivity index (χ2v) is 7.86. The summed E-state index contributed by atoms with van der Waals surface area (Å²) in [6, 6.07) is 2.72. The first-order chi connectivity index (χ1) is 9.82. The molecule has 21 heavy (non-hydrogen) atoms. The summed E-state index contributed by atoms with van der Waals surface area (Å²) in [5, 5.41) is 12.3. The van der Waals surface area contributed by atoms with Gasteiger partial charge in [0.25, 0.3) is 0 Å². The van der Waals surface area contributed by atoms with Crippen molar-refractivity contribution in [3.8, 4) is 6.07 Å². The summed E-state index contributed by atoms with van der Waals surface area (Å²) in [4.78, 5) is 15.1. The van der Waals surface area contributed by atoms with Crippen LogP contribution in [0.25, 0.3) is 0 Å². The Bertz CT molecular complexity index is 413. The highest BCUT2D eigenvalue weighted by atomic mass is 16.2. The molecule has 2 rings (SSSR count). The number of rotatable bonds is 2. The SMILES string of the molecule is CC1CCC(N(C(=O)C(C)(C)C)[C@@H]2CN[C@H](C#N)C2)CC1. The predicted octanol–water partition coefficient (Wildman–Crippen LogP) is 2.69. The second kappa shape index (κ2) is 6.36. The third kappa shape index (κ3) is 3.77. The molecule has 0 aromatic carbocycles. The maximum atomic E-state index is 12.9. The van der Waals surface area contributed by atoms with Gasteiger partial charge in [0, 0.05) is 24.0 Å². The van der Waals surface area contributed by atoms with Crippen LogP contribution in [0.1, 0.15) is 59.8 Å². The Morgan fingerprint density at radius 3 is 2.29 bits per heavy atom. The molecule has 4 nitrogen and oxygen atoms in total. The molecule has 1 aliphatic carbocycles. The Labute approximate surface area is 128 Å². The number of nitrogens with one attached hydrogen (secondary N) is 1. The van der Waals surface area contributed by atoms with Gasteiger partial charge in [-0.05, 0) is 38.0 Å². The van der Waals surface area contributed by atoms with Crippen LogP contribution in [0, 0.1) is 22.7 Å². The average molecular weight is 291 g/mol. The minimum atomic E-state index is -0.353. The summed E-state index contributed by atoms with van der Waals surface area (Å²) >= 11 is 0. The largest absolute Gasteiger partial charge is 0.335 e. The Balaban J connectivity index is 2.15. The molecule has 0 aromatic heterocycles. The highest BCUT2D eigenvalue weighted by Gasteiger charge is 2.40. The van der Waals surface area contributed by atoms with Crippen molar-refractivity contribution in [2.75, 3.05) is 6.54 Å². The number of carbonyl (C=O) groups excluding carboxylic acids is 1. The lowest BCUT2D eigenvalue weighted by Gasteiger charge is -2.42. The molecule has 2 aliphatic rings. The molecule has 0 spiro atoms. The van der Waals surface area contributed by atoms with Crippen molar-refractivity contribution in [1.29, 1.82) is 5.26 Å². The van der Waals surface area contributed by atoms with Crippen LogP contribution in [-0.2, 0) is 4.79 Å². The molecule has 118 valence electrons. The number of nitrogens with zero attached hydrogens (tertiary/aromatic N) is 2. The summed E-state index contributed by atoms with van der Waals surface area (Å²) in [7, 11) is 0. The molecular weight excluding hydrogens is 262 g/mol. The first-order valence-electron chi connectivity index (χ1n) is 8.28. The van der Waals surface area contributed by atoms with Crippen LogP contribution in [0.3, 0.4) is 0 Å². The van der Waals surface area contributed by atoms with Crippen molar-refractivity contribution in [3.05, 3.63) is 0 Å². The summed E-state index contributed by atoms with van der Waals surface area (Å²) in [5.74, 6) is 1.02. The molecule has 1 saturated heterocycles. The number of hydrogen-bond acceptors (Lipinski definition) is 3. The van der Waals surface area contributed by atoms with E-state index in [1.54, 1.807) is 0 Å². The number of hydrogen-bond donors (Lipinski definition) is 1. The van der Waals surface area contributed by atoms with Gasteiger partial charge >= 0.3 is 0 Å². The third-order valence-corrected chi connectivity index (χ3v) is 4.91. The Kier molecular flexibility index (Phi) is 4.93. The van der Waals surface area contributed by atoms with Crippen molar-refractivity contribution in [3.63, 3.8) is 0 Å². The van der Waals surface area contributed by atoms with Gasteiger partial charge in [0.15, 0.2) is 0 Å². The average Bonchev–Trinajstić information content (AvgIpc) is 2.89. The molecule has 1 heterocycles. The van der Waals surface area contributed by atoms with Crippen molar-refractivity contribution >= 4 is 5.91 Å². The van der Waals surface area contributed by atoms with Crippen LogP contribution in [0.2, 0.25) is 0 Å². The van der Waals surface area contributed by atoms with Crippen LogP contribution in [-0.4, -0.2) is 35.5 Å². The zero-order valence-electron chi connectivity index (χ0n) is 13.9. The van der Waals surface area contributed by atoms with Crippen molar-refractivity contribution in [1.82, 2.24) is 10.2 Å². The highest BCUT2D eigenvalue weighted by Crippen LogP contribution is 2.33. The molecule has 2 atom stereocenters. The topological polar surface area (TPSA) is 56.1 Å². The Morgan fingerprint density at radius 2 is 1.81 bits per heavy atom. The maximum absolute atomic E-state index is 12.9. The van der Waals surface area contributed by atoms with Gasteiger partial charge in [-0.1, -0.05) is 27.7 Å². The Hall–Kier alpha value is -1.08. The Morgan fingerprint density at radius 1 is 1.19 bits per heavy atom. The van der Waals surface area contributed by atoms with Crippen LogP contribution in [0.4, 0.5) is 0 Å². The van der Waals surface area contributed by atoms with E-state index in [-0.39, 0.29) is 23.4 Å². The van der Waals surface area contributed by atoms with Crippen LogP contribution in [0.15, 0.2) is 0 Å². The lowest BCUT2D eigenvalue weighted by atomic mass is 9.84. The van der Waals surface area contributed by atoms with Crippen molar-refractivity contribution < 1.29 is 4.79 Å². The zero-order valence-corrected chi connectivity index (χ0v) is 13.9. The predicted molar refractivity (Wildman–Crippen MR) is 83.5 cm³/mol. The fraction of sp³-hybridized carbons (Fsp3) is 0.882. The van der Waals surface area contributed by atoms with E-state index >= 15 is 0 Å². The normalized spacial score (nSPS) is 33.5. The van der Waals surface area contributed by atoms with Crippen molar-refractivity contribution in [2.45, 2.75) is 77.9 Å². The summed E-state index contributed by atoms with van der Waals surface area (Å²) in [6.45, 7) is 9.05. The molecule has 1 N–H and O–H groups in total. The molecule has 1 saturated carbocycles. The number of amides is 1. The maximum Gasteiger partial charge on any atom is 0.228 e. The van der Waals surface area contributed by atoms with Crippen LogP contribution in [0.5, 0.6) is 0 Å². The van der Waals surface area contributed by atoms with Gasteiger partial charge < -0.3 is 4.90 Å². The molecule has 4 heteroatoms. The smallest absolute Gasteiger partial charge is 0.228 e. The van der Waals surface area contributed by atoms with E-state index in [0.29, 0.717) is 6.04 Å². The van der Waals surface area contributed by atoms with Gasteiger partial charge in [0.2, 0.25) is 5.91 Å². The van der Waals surface area contributed by atoms with E-state index in [2.05, 4.69) is 23.2 Å². The molecule has 2 fully saturated rings. The lowest BCUT2D eigenvalue weighted by molar-refractivity contribution is -0.145. The van der Waals surface area contributed by atoms with E-state index in [9.17, 15) is 4.79 Å². The van der Waals surface area contributed by atoms with Gasteiger partial charge in [0.1, 0.15) is 0 Å². The standard InChI is InChI=1S/C17H29N3O/c1-12-5-7-14(8-6-12)20(16(21)17(2,3)4)15-9-13(10-18)19-11-15/h12-15,19H,5-9,11H2,1-4H3/t12?,13-,14?,15-/m0/s1. The van der Waals surface area contributed by atoms with Gasteiger partial charge in [-0.15, -0.1) is 0 Å². The second-order valence-electron chi connectivity index (χ2n) is 7.86. The van der Waals surface area contributed by atoms with E-state index < -0.39 is 0 Å². The fourth-order valence-electron chi connectivity index (χ4n) is 3.57. The summed E-state index contributed by atoms with van der Waals surface area (Å²) in [5.41, 5.74) is -0.353. The minimum absolute atomic E-state index is 0.104. The number of nitriles is 1. The molecular formula is C17H29N3O. The first-order valence-corrected chi connectivity index (χ1v) is 8.28. The van der Waals surface area contributed by atoms with Gasteiger partial charge in [0.05, 0.1) is 12.1 Å². The molecule has 0 unspecified atom stereocenters. The molecule has 0 radical (unpaired) electrons. The van der Waals surface area contributed by atoms with E-state index in [0.717, 1.165) is 31.7 Å². The monoisotopic (exact) mass is 291 g/mol. The highest BCUT2D eigenvalue weighted by molar-refractivity contribution is 5.82. The van der Waals surface area contributed by atoms with Gasteiger partial charge in [-0.3, -0.25) is 10.1 Å². The molecule has 0 bridgehead atoms. The lowest BCUT2D eigenvalue weighted by Crippen LogP contribution is -2.53. The first kappa shape index (κ1) is 16.3. The van der Waals surface area contributed by atoms with Crippen LogP contribution < -0.4 is 5.32 Å². The molecule has 1 aliphatic heterocycles. The quantitative estimate of drug-likeness (QED) is 0.851. The van der Waals surface area contributed by atoms with Gasteiger partial charge in [-0.25, -0.2) is 0 Å². The third-order valence-electron chi connectivity index (χ3n) is 4.91. The zero-order chi connectivity index (χ0) is 15.6. The van der Waals surface area contributed by atoms with E-state index in [4.69, 9.17) is 5.26 Å². The van der Waals surface area contributed by atoms with E-state index in [1.807, 2.05) is 20.8 Å². The van der Waals surface area contributed by atoms with Crippen molar-refractivity contribution in [2.24, 2.45) is 11.3 Å². The minimum Gasteiger partial charge on any atom is -0.335 e. The molecule has 1 amide bonds.